The monoisotopic (exact) mass is 307 g/mol. The van der Waals surface area contributed by atoms with Crippen molar-refractivity contribution in [1.29, 1.82) is 0 Å². The van der Waals surface area contributed by atoms with E-state index >= 15 is 0 Å². The fraction of sp³-hybridized carbons (Fsp3) is 0.882. The van der Waals surface area contributed by atoms with Crippen molar-refractivity contribution in [3.05, 3.63) is 11.7 Å². The van der Waals surface area contributed by atoms with Crippen LogP contribution in [0.1, 0.15) is 57.7 Å². The average molecular weight is 307 g/mol. The molecular formula is C17H29N3O2. The molecule has 0 radical (unpaired) electrons. The smallest absolute Gasteiger partial charge is 0.226 e. The lowest BCUT2D eigenvalue weighted by Gasteiger charge is -2.41. The molecule has 0 bridgehead atoms. The number of hydrogen-bond acceptors (Lipinski definition) is 5. The number of rotatable bonds is 7. The van der Waals surface area contributed by atoms with Crippen molar-refractivity contribution in [2.45, 2.75) is 70.9 Å². The van der Waals surface area contributed by atoms with Crippen LogP contribution >= 0.6 is 0 Å². The van der Waals surface area contributed by atoms with Gasteiger partial charge in [-0.3, -0.25) is 0 Å². The van der Waals surface area contributed by atoms with Crippen molar-refractivity contribution in [3.63, 3.8) is 0 Å². The van der Waals surface area contributed by atoms with E-state index in [-0.39, 0.29) is 0 Å². The standard InChI is InChI=1S/C17H29N3O2/c1-13(2)12-17-18-16(19-22-17)8-11-21-15-6-9-20(10-7-15)14-4-3-5-14/h13-15H,3-12H2,1-2H3. The van der Waals surface area contributed by atoms with Gasteiger partial charge in [0.2, 0.25) is 5.89 Å². The van der Waals surface area contributed by atoms with E-state index in [1.165, 1.54) is 45.2 Å². The fourth-order valence-corrected chi connectivity index (χ4v) is 3.30. The molecule has 5 heteroatoms. The van der Waals surface area contributed by atoms with E-state index in [0.29, 0.717) is 18.6 Å². The second-order valence-electron chi connectivity index (χ2n) is 7.14. The third-order valence-electron chi connectivity index (χ3n) is 4.84. The van der Waals surface area contributed by atoms with Crippen LogP contribution in [-0.2, 0) is 17.6 Å². The van der Waals surface area contributed by atoms with Gasteiger partial charge < -0.3 is 14.2 Å². The minimum absolute atomic E-state index is 0.415. The quantitative estimate of drug-likeness (QED) is 0.775. The number of piperidine rings is 1. The first-order valence-electron chi connectivity index (χ1n) is 8.88. The van der Waals surface area contributed by atoms with Crippen LogP contribution in [0.2, 0.25) is 0 Å². The summed E-state index contributed by atoms with van der Waals surface area (Å²) in [5, 5.41) is 4.03. The van der Waals surface area contributed by atoms with Crippen molar-refractivity contribution in [2.24, 2.45) is 5.92 Å². The van der Waals surface area contributed by atoms with Gasteiger partial charge in [0, 0.05) is 32.0 Å². The van der Waals surface area contributed by atoms with Gasteiger partial charge in [-0.1, -0.05) is 25.4 Å². The molecule has 2 aliphatic rings. The van der Waals surface area contributed by atoms with Crippen molar-refractivity contribution in [3.8, 4) is 0 Å². The van der Waals surface area contributed by atoms with E-state index < -0.39 is 0 Å². The van der Waals surface area contributed by atoms with Crippen LogP contribution in [0.25, 0.3) is 0 Å². The zero-order valence-electron chi connectivity index (χ0n) is 14.0. The van der Waals surface area contributed by atoms with Gasteiger partial charge in [-0.15, -0.1) is 0 Å². The molecule has 2 heterocycles. The Labute approximate surface area is 133 Å². The Bertz CT molecular complexity index is 449. The van der Waals surface area contributed by atoms with E-state index in [1.807, 2.05) is 0 Å². The Morgan fingerprint density at radius 3 is 2.64 bits per heavy atom. The Balaban J connectivity index is 1.32. The van der Waals surface area contributed by atoms with Gasteiger partial charge in [-0.05, 0) is 31.6 Å². The molecule has 0 amide bonds. The second kappa shape index (κ2) is 7.55. The van der Waals surface area contributed by atoms with Gasteiger partial charge in [0.05, 0.1) is 12.7 Å². The number of aromatic nitrogens is 2. The molecule has 5 nitrogen and oxygen atoms in total. The predicted octanol–water partition coefficient (Wildman–Crippen LogP) is 2.84. The molecule has 0 N–H and O–H groups in total. The van der Waals surface area contributed by atoms with Gasteiger partial charge in [0.25, 0.3) is 0 Å². The first kappa shape index (κ1) is 15.9. The molecule has 22 heavy (non-hydrogen) atoms. The van der Waals surface area contributed by atoms with Crippen molar-refractivity contribution in [2.75, 3.05) is 19.7 Å². The molecule has 1 saturated heterocycles. The van der Waals surface area contributed by atoms with Gasteiger partial charge in [0.1, 0.15) is 0 Å². The molecular weight excluding hydrogens is 278 g/mol. The molecule has 124 valence electrons. The Morgan fingerprint density at radius 1 is 1.23 bits per heavy atom. The van der Waals surface area contributed by atoms with E-state index in [9.17, 15) is 0 Å². The van der Waals surface area contributed by atoms with Crippen LogP contribution in [0.4, 0.5) is 0 Å². The zero-order valence-corrected chi connectivity index (χ0v) is 14.0. The second-order valence-corrected chi connectivity index (χ2v) is 7.14. The van der Waals surface area contributed by atoms with E-state index in [0.717, 1.165) is 30.6 Å². The van der Waals surface area contributed by atoms with E-state index in [4.69, 9.17) is 9.26 Å². The zero-order chi connectivity index (χ0) is 15.4. The van der Waals surface area contributed by atoms with E-state index in [1.54, 1.807) is 0 Å². The first-order valence-corrected chi connectivity index (χ1v) is 8.88. The predicted molar refractivity (Wildman–Crippen MR) is 84.7 cm³/mol. The largest absolute Gasteiger partial charge is 0.378 e. The summed E-state index contributed by atoms with van der Waals surface area (Å²) in [6.07, 6.45) is 8.59. The summed E-state index contributed by atoms with van der Waals surface area (Å²) in [7, 11) is 0. The summed E-state index contributed by atoms with van der Waals surface area (Å²) in [6, 6.07) is 0.875. The van der Waals surface area contributed by atoms with Crippen LogP contribution < -0.4 is 0 Å². The summed E-state index contributed by atoms with van der Waals surface area (Å²) < 4.78 is 11.3. The van der Waals surface area contributed by atoms with E-state index in [2.05, 4.69) is 28.9 Å². The van der Waals surface area contributed by atoms with Crippen molar-refractivity contribution >= 4 is 0 Å². The molecule has 1 aromatic rings. The van der Waals surface area contributed by atoms with Gasteiger partial charge in [-0.25, -0.2) is 0 Å². The van der Waals surface area contributed by atoms with Crippen molar-refractivity contribution in [1.82, 2.24) is 15.0 Å². The molecule has 0 atom stereocenters. The molecule has 0 aromatic carbocycles. The van der Waals surface area contributed by atoms with Gasteiger partial charge >= 0.3 is 0 Å². The third-order valence-corrected chi connectivity index (χ3v) is 4.84. The molecule has 1 aliphatic carbocycles. The number of hydrogen-bond donors (Lipinski definition) is 0. The highest BCUT2D eigenvalue weighted by atomic mass is 16.5. The Hall–Kier alpha value is -0.940. The summed E-state index contributed by atoms with van der Waals surface area (Å²) >= 11 is 0. The van der Waals surface area contributed by atoms with Crippen molar-refractivity contribution < 1.29 is 9.26 Å². The molecule has 0 spiro atoms. The maximum atomic E-state index is 6.01. The lowest BCUT2D eigenvalue weighted by Crippen LogP contribution is -2.46. The molecule has 0 unspecified atom stereocenters. The minimum atomic E-state index is 0.415. The summed E-state index contributed by atoms with van der Waals surface area (Å²) in [4.78, 5) is 7.07. The molecule has 2 fully saturated rings. The van der Waals surface area contributed by atoms with Gasteiger partial charge in [0.15, 0.2) is 5.82 Å². The SMILES string of the molecule is CC(C)Cc1nc(CCOC2CCN(C3CCC3)CC2)no1. The topological polar surface area (TPSA) is 51.4 Å². The third kappa shape index (κ3) is 4.29. The highest BCUT2D eigenvalue weighted by molar-refractivity contribution is 4.88. The lowest BCUT2D eigenvalue weighted by molar-refractivity contribution is -0.0106. The maximum absolute atomic E-state index is 6.01. The minimum Gasteiger partial charge on any atom is -0.378 e. The lowest BCUT2D eigenvalue weighted by atomic mass is 9.90. The molecule has 3 rings (SSSR count). The van der Waals surface area contributed by atoms with Crippen LogP contribution in [0, 0.1) is 5.92 Å². The number of ether oxygens (including phenoxy) is 1. The fourth-order valence-electron chi connectivity index (χ4n) is 3.30. The highest BCUT2D eigenvalue weighted by Gasteiger charge is 2.28. The summed E-state index contributed by atoms with van der Waals surface area (Å²) in [5.41, 5.74) is 0. The number of nitrogens with zero attached hydrogens (tertiary/aromatic N) is 3. The molecule has 1 aliphatic heterocycles. The Kier molecular flexibility index (Phi) is 5.47. The normalized spacial score (nSPS) is 21.4. The first-order chi connectivity index (χ1) is 10.7. The Morgan fingerprint density at radius 2 is 2.00 bits per heavy atom. The average Bonchev–Trinajstić information content (AvgIpc) is 2.85. The molecule has 1 saturated carbocycles. The van der Waals surface area contributed by atoms with Gasteiger partial charge in [-0.2, -0.15) is 4.98 Å². The van der Waals surface area contributed by atoms with Crippen LogP contribution in [-0.4, -0.2) is 46.9 Å². The van der Waals surface area contributed by atoms with Crippen LogP contribution in [0.5, 0.6) is 0 Å². The number of likely N-dealkylation sites (tertiary alicyclic amines) is 1. The highest BCUT2D eigenvalue weighted by Crippen LogP contribution is 2.27. The summed E-state index contributed by atoms with van der Waals surface area (Å²) in [5.74, 6) is 2.08. The summed E-state index contributed by atoms with van der Waals surface area (Å²) in [6.45, 7) is 7.42. The van der Waals surface area contributed by atoms with Crippen LogP contribution in [0.15, 0.2) is 4.52 Å². The maximum Gasteiger partial charge on any atom is 0.226 e. The van der Waals surface area contributed by atoms with Crippen LogP contribution in [0.3, 0.4) is 0 Å². The molecule has 1 aromatic heterocycles.